The summed E-state index contributed by atoms with van der Waals surface area (Å²) in [6.07, 6.45) is -0.242. The molecule has 1 aliphatic carbocycles. The van der Waals surface area contributed by atoms with Crippen LogP contribution < -0.4 is 15.5 Å². The Labute approximate surface area is 209 Å². The average Bonchev–Trinajstić information content (AvgIpc) is 3.24. The van der Waals surface area contributed by atoms with Crippen molar-refractivity contribution in [3.05, 3.63) is 119 Å². The monoisotopic (exact) mass is 472 g/mol. The van der Waals surface area contributed by atoms with Crippen molar-refractivity contribution >= 4 is 29.0 Å². The molecule has 3 amide bonds. The van der Waals surface area contributed by atoms with Crippen molar-refractivity contribution in [1.29, 1.82) is 0 Å². The Morgan fingerprint density at radius 1 is 0.833 bits per heavy atom. The molecular weight excluding hydrogens is 448 g/mol. The van der Waals surface area contributed by atoms with Crippen LogP contribution in [0.4, 0.5) is 16.2 Å². The minimum absolute atomic E-state index is 0.312. The minimum Gasteiger partial charge on any atom is -0.311 e. The Morgan fingerprint density at radius 3 is 2.36 bits per heavy atom. The number of fused-ring (bicyclic) bond motifs is 4. The maximum absolute atomic E-state index is 13.3. The fourth-order valence-electron chi connectivity index (χ4n) is 4.96. The van der Waals surface area contributed by atoms with E-state index < -0.39 is 12.2 Å². The van der Waals surface area contributed by atoms with Crippen LogP contribution in [0.5, 0.6) is 0 Å². The standard InChI is InChI=1S/C30H24N4O2/c1-34-26-14-8-7-13-25(26)27(19-9-3-2-4-10-19)32-28(29(34)35)33-30(36)31-22-15-16-24-21(18-22)17-20-11-5-6-12-23(20)24/h2-16,18,28H,17H2,1H3,(H2,31,33,36). The van der Waals surface area contributed by atoms with E-state index in [-0.39, 0.29) is 5.91 Å². The van der Waals surface area contributed by atoms with Gasteiger partial charge in [-0.25, -0.2) is 9.79 Å². The number of nitrogens with one attached hydrogen (secondary N) is 2. The van der Waals surface area contributed by atoms with Crippen LogP contribution in [0.2, 0.25) is 0 Å². The number of carbonyl (C=O) groups excluding carboxylic acids is 2. The first-order chi connectivity index (χ1) is 17.6. The van der Waals surface area contributed by atoms with Gasteiger partial charge in [0.15, 0.2) is 0 Å². The fraction of sp³-hybridized carbons (Fsp3) is 0.100. The molecule has 1 aliphatic heterocycles. The number of aliphatic imine (C=N–C) groups is 1. The predicted molar refractivity (Wildman–Crippen MR) is 143 cm³/mol. The molecule has 0 bridgehead atoms. The molecule has 1 atom stereocenters. The Bertz CT molecular complexity index is 1530. The molecule has 0 aromatic heterocycles. The summed E-state index contributed by atoms with van der Waals surface area (Å²) in [6, 6.07) is 31.1. The number of hydrogen-bond donors (Lipinski definition) is 2. The molecular formula is C30H24N4O2. The number of anilines is 2. The van der Waals surface area contributed by atoms with Gasteiger partial charge in [0, 0.05) is 23.9 Å². The molecule has 2 aliphatic rings. The number of amides is 3. The molecule has 2 N–H and O–H groups in total. The average molecular weight is 473 g/mol. The van der Waals surface area contributed by atoms with Crippen LogP contribution in [-0.2, 0) is 11.2 Å². The molecule has 0 saturated heterocycles. The lowest BCUT2D eigenvalue weighted by atomic mass is 10.0. The Hall–Kier alpha value is -4.71. The van der Waals surface area contributed by atoms with Crippen LogP contribution in [0.3, 0.4) is 0 Å². The first-order valence-corrected chi connectivity index (χ1v) is 11.9. The van der Waals surface area contributed by atoms with E-state index in [9.17, 15) is 9.59 Å². The number of likely N-dealkylation sites (N-methyl/N-ethyl adjacent to an activating group) is 1. The van der Waals surface area contributed by atoms with Gasteiger partial charge in [-0.15, -0.1) is 0 Å². The quantitative estimate of drug-likeness (QED) is 0.378. The summed E-state index contributed by atoms with van der Waals surface area (Å²) in [5.74, 6) is -0.312. The van der Waals surface area contributed by atoms with E-state index in [0.717, 1.165) is 23.2 Å². The molecule has 0 radical (unpaired) electrons. The lowest BCUT2D eigenvalue weighted by Gasteiger charge is -2.21. The van der Waals surface area contributed by atoms with E-state index in [1.54, 1.807) is 11.9 Å². The Kier molecular flexibility index (Phi) is 5.34. The summed E-state index contributed by atoms with van der Waals surface area (Å²) in [7, 11) is 1.70. The van der Waals surface area contributed by atoms with Crippen molar-refractivity contribution in [1.82, 2.24) is 5.32 Å². The van der Waals surface area contributed by atoms with Crippen molar-refractivity contribution < 1.29 is 9.59 Å². The second-order valence-corrected chi connectivity index (χ2v) is 8.96. The van der Waals surface area contributed by atoms with Crippen molar-refractivity contribution in [2.45, 2.75) is 12.6 Å². The minimum atomic E-state index is -1.07. The molecule has 4 aromatic carbocycles. The SMILES string of the molecule is CN1C(=O)C(NC(=O)Nc2ccc3c(c2)Cc2ccccc2-3)N=C(c2ccccc2)c2ccccc21. The van der Waals surface area contributed by atoms with Crippen molar-refractivity contribution in [3.8, 4) is 11.1 Å². The third-order valence-electron chi connectivity index (χ3n) is 6.71. The lowest BCUT2D eigenvalue weighted by Crippen LogP contribution is -2.47. The topological polar surface area (TPSA) is 73.8 Å². The number of benzene rings is 4. The predicted octanol–water partition coefficient (Wildman–Crippen LogP) is 5.22. The van der Waals surface area contributed by atoms with E-state index in [4.69, 9.17) is 4.99 Å². The summed E-state index contributed by atoms with van der Waals surface area (Å²) >= 11 is 0. The molecule has 4 aromatic rings. The van der Waals surface area contributed by atoms with Gasteiger partial charge >= 0.3 is 6.03 Å². The number of urea groups is 1. The van der Waals surface area contributed by atoms with Gasteiger partial charge in [0.2, 0.25) is 6.17 Å². The highest BCUT2D eigenvalue weighted by molar-refractivity contribution is 6.20. The fourth-order valence-corrected chi connectivity index (χ4v) is 4.96. The summed E-state index contributed by atoms with van der Waals surface area (Å²) < 4.78 is 0. The smallest absolute Gasteiger partial charge is 0.311 e. The van der Waals surface area contributed by atoms with Crippen molar-refractivity contribution in [2.24, 2.45) is 4.99 Å². The van der Waals surface area contributed by atoms with Gasteiger partial charge in [-0.2, -0.15) is 0 Å². The van der Waals surface area contributed by atoms with E-state index >= 15 is 0 Å². The van der Waals surface area contributed by atoms with Crippen LogP contribution in [0.25, 0.3) is 11.1 Å². The van der Waals surface area contributed by atoms with Gasteiger partial charge in [-0.05, 0) is 46.9 Å². The summed E-state index contributed by atoms with van der Waals surface area (Å²) in [4.78, 5) is 32.6. The third-order valence-corrected chi connectivity index (χ3v) is 6.71. The Balaban J connectivity index is 1.27. The third kappa shape index (κ3) is 3.82. The van der Waals surface area contributed by atoms with E-state index in [2.05, 4.69) is 22.8 Å². The van der Waals surface area contributed by atoms with Gasteiger partial charge in [-0.3, -0.25) is 4.79 Å². The normalized spacial score (nSPS) is 15.8. The molecule has 0 fully saturated rings. The maximum atomic E-state index is 13.3. The largest absolute Gasteiger partial charge is 0.321 e. The van der Waals surface area contributed by atoms with Crippen LogP contribution >= 0.6 is 0 Å². The van der Waals surface area contributed by atoms with Gasteiger partial charge in [0.25, 0.3) is 5.91 Å². The van der Waals surface area contributed by atoms with Crippen molar-refractivity contribution in [3.63, 3.8) is 0 Å². The molecule has 176 valence electrons. The summed E-state index contributed by atoms with van der Waals surface area (Å²) in [5, 5.41) is 5.67. The van der Waals surface area contributed by atoms with Crippen LogP contribution in [0, 0.1) is 0 Å². The Morgan fingerprint density at radius 2 is 1.53 bits per heavy atom. The van der Waals surface area contributed by atoms with E-state index in [1.165, 1.54) is 22.3 Å². The highest BCUT2D eigenvalue weighted by Crippen LogP contribution is 2.37. The van der Waals surface area contributed by atoms with E-state index in [0.29, 0.717) is 11.4 Å². The lowest BCUT2D eigenvalue weighted by molar-refractivity contribution is -0.119. The first-order valence-electron chi connectivity index (χ1n) is 11.9. The van der Waals surface area contributed by atoms with Crippen molar-refractivity contribution in [2.75, 3.05) is 17.3 Å². The first kappa shape index (κ1) is 21.8. The van der Waals surface area contributed by atoms with Crippen LogP contribution in [0.1, 0.15) is 22.3 Å². The highest BCUT2D eigenvalue weighted by Gasteiger charge is 2.31. The number of rotatable bonds is 3. The second-order valence-electron chi connectivity index (χ2n) is 8.96. The van der Waals surface area contributed by atoms with E-state index in [1.807, 2.05) is 84.9 Å². The molecule has 6 rings (SSSR count). The van der Waals surface area contributed by atoms with Crippen LogP contribution in [0.15, 0.2) is 102 Å². The zero-order valence-corrected chi connectivity index (χ0v) is 19.7. The highest BCUT2D eigenvalue weighted by atomic mass is 16.2. The van der Waals surface area contributed by atoms with Gasteiger partial charge in [-0.1, -0.05) is 78.9 Å². The number of carbonyl (C=O) groups is 2. The molecule has 6 heteroatoms. The number of para-hydroxylation sites is 1. The summed E-state index contributed by atoms with van der Waals surface area (Å²) in [5.41, 5.74) is 8.65. The number of hydrogen-bond acceptors (Lipinski definition) is 3. The number of nitrogens with zero attached hydrogens (tertiary/aromatic N) is 2. The zero-order valence-electron chi connectivity index (χ0n) is 19.7. The molecule has 1 unspecified atom stereocenters. The summed E-state index contributed by atoms with van der Waals surface area (Å²) in [6.45, 7) is 0. The molecule has 0 saturated carbocycles. The maximum Gasteiger partial charge on any atom is 0.321 e. The van der Waals surface area contributed by atoms with Gasteiger partial charge < -0.3 is 15.5 Å². The molecule has 1 heterocycles. The molecule has 0 spiro atoms. The van der Waals surface area contributed by atoms with Gasteiger partial charge in [0.05, 0.1) is 11.4 Å². The molecule has 36 heavy (non-hydrogen) atoms. The second kappa shape index (κ2) is 8.82. The zero-order chi connectivity index (χ0) is 24.6. The van der Waals surface area contributed by atoms with Gasteiger partial charge in [0.1, 0.15) is 0 Å². The number of benzodiazepines with no additional fused rings is 1. The molecule has 6 nitrogen and oxygen atoms in total. The van der Waals surface area contributed by atoms with Crippen LogP contribution in [-0.4, -0.2) is 30.9 Å².